The normalized spacial score (nSPS) is 20.1. The number of hydrogen-bond acceptors (Lipinski definition) is 10. The first-order valence-electron chi connectivity index (χ1n) is 12.2. The molecule has 2 aliphatic rings. The maximum Gasteiger partial charge on any atom is 0.328 e. The molecule has 1 aromatic carbocycles. The van der Waals surface area contributed by atoms with E-state index in [2.05, 4.69) is 11.8 Å². The minimum Gasteiger partial charge on any atom is -0.496 e. The Kier molecular flexibility index (Phi) is 6.88. The van der Waals surface area contributed by atoms with Gasteiger partial charge in [0.05, 0.1) is 51.2 Å². The van der Waals surface area contributed by atoms with Crippen LogP contribution in [-0.2, 0) is 20.9 Å². The summed E-state index contributed by atoms with van der Waals surface area (Å²) in [5, 5.41) is 10.6. The smallest absolute Gasteiger partial charge is 0.328 e. The molecular formula is C26H31N5O5. The zero-order valence-electron chi connectivity index (χ0n) is 20.8. The van der Waals surface area contributed by atoms with E-state index in [1.807, 2.05) is 35.2 Å². The number of carbonyl (C=O) groups is 1. The average molecular weight is 494 g/mol. The van der Waals surface area contributed by atoms with Crippen molar-refractivity contribution in [2.24, 2.45) is 0 Å². The third kappa shape index (κ3) is 4.42. The number of aliphatic hydroxyl groups excluding tert-OH is 1. The number of hydrogen-bond donors (Lipinski definition) is 1. The third-order valence-corrected chi connectivity index (χ3v) is 6.90. The second-order valence-corrected chi connectivity index (χ2v) is 9.09. The van der Waals surface area contributed by atoms with E-state index in [9.17, 15) is 9.90 Å². The van der Waals surface area contributed by atoms with Gasteiger partial charge in [-0.3, -0.25) is 0 Å². The molecule has 0 saturated carbocycles. The van der Waals surface area contributed by atoms with Gasteiger partial charge in [0.2, 0.25) is 5.95 Å². The molecule has 0 spiro atoms. The van der Waals surface area contributed by atoms with Crippen LogP contribution in [0, 0.1) is 0 Å². The number of pyridine rings is 1. The maximum atomic E-state index is 12.5. The van der Waals surface area contributed by atoms with Gasteiger partial charge in [0.15, 0.2) is 5.65 Å². The maximum absolute atomic E-state index is 12.5. The van der Waals surface area contributed by atoms with Crippen LogP contribution in [0.25, 0.3) is 22.3 Å². The highest BCUT2D eigenvalue weighted by molar-refractivity contribution is 5.90. The Morgan fingerprint density at radius 2 is 2.00 bits per heavy atom. The van der Waals surface area contributed by atoms with Crippen molar-refractivity contribution < 1.29 is 24.1 Å². The zero-order chi connectivity index (χ0) is 25.2. The second-order valence-electron chi connectivity index (χ2n) is 9.09. The van der Waals surface area contributed by atoms with Crippen molar-refractivity contribution in [1.82, 2.24) is 15.0 Å². The second kappa shape index (κ2) is 10.2. The predicted octanol–water partition coefficient (Wildman–Crippen LogP) is 2.56. The molecule has 0 amide bonds. The molecule has 3 aromatic rings. The Balaban J connectivity index is 1.64. The van der Waals surface area contributed by atoms with Crippen LogP contribution in [0.1, 0.15) is 25.3 Å². The van der Waals surface area contributed by atoms with Gasteiger partial charge in [-0.2, -0.15) is 9.97 Å². The summed E-state index contributed by atoms with van der Waals surface area (Å²) in [7, 11) is 2.99. The standard InChI is InChI=1S/C26H31N5O5/c1-16-15-36-12-11-30(16)24-19-7-8-20(17-6-9-22(34-2)18(13-17)14-32)27-23(19)28-26(29-24)31-10-4-5-21(31)25(33)35-3/h6-9,13,16,21,32H,4-5,10-12,14-15H2,1-3H3/t16-,21+/m0/s1. The molecule has 0 bridgehead atoms. The molecule has 5 rings (SSSR count). The van der Waals surface area contributed by atoms with Gasteiger partial charge in [0.25, 0.3) is 0 Å². The molecule has 2 aromatic heterocycles. The molecule has 0 aliphatic carbocycles. The molecule has 36 heavy (non-hydrogen) atoms. The summed E-state index contributed by atoms with van der Waals surface area (Å²) in [4.78, 5) is 31.3. The SMILES string of the molecule is COC(=O)[C@H]1CCCN1c1nc(N2CCOC[C@@H]2C)c2ccc(-c3ccc(OC)c(CO)c3)nc2n1. The first-order valence-corrected chi connectivity index (χ1v) is 12.2. The summed E-state index contributed by atoms with van der Waals surface area (Å²) in [6, 6.07) is 9.25. The van der Waals surface area contributed by atoms with Gasteiger partial charge in [-0.25, -0.2) is 9.78 Å². The van der Waals surface area contributed by atoms with Crippen molar-refractivity contribution in [3.63, 3.8) is 0 Å². The molecule has 2 atom stereocenters. The van der Waals surface area contributed by atoms with E-state index in [0.29, 0.717) is 55.6 Å². The first kappa shape index (κ1) is 24.2. The van der Waals surface area contributed by atoms with Crippen LogP contribution in [0.5, 0.6) is 5.75 Å². The van der Waals surface area contributed by atoms with Gasteiger partial charge in [-0.15, -0.1) is 0 Å². The lowest BCUT2D eigenvalue weighted by Gasteiger charge is -2.35. The van der Waals surface area contributed by atoms with Gasteiger partial charge in [-0.05, 0) is 50.1 Å². The number of methoxy groups -OCH3 is 2. The van der Waals surface area contributed by atoms with Gasteiger partial charge < -0.3 is 29.1 Å². The lowest BCUT2D eigenvalue weighted by Crippen LogP contribution is -2.44. The van der Waals surface area contributed by atoms with Gasteiger partial charge in [0, 0.05) is 24.2 Å². The number of rotatable bonds is 6. The number of benzene rings is 1. The molecule has 4 heterocycles. The lowest BCUT2D eigenvalue weighted by molar-refractivity contribution is -0.141. The molecule has 1 N–H and O–H groups in total. The summed E-state index contributed by atoms with van der Waals surface area (Å²) < 4.78 is 16.0. The Bertz CT molecular complexity index is 1270. The van der Waals surface area contributed by atoms with Gasteiger partial charge >= 0.3 is 5.97 Å². The van der Waals surface area contributed by atoms with Gasteiger partial charge in [0.1, 0.15) is 17.6 Å². The topological polar surface area (TPSA) is 110 Å². The molecule has 2 fully saturated rings. The van der Waals surface area contributed by atoms with Crippen molar-refractivity contribution >= 4 is 28.8 Å². The number of ether oxygens (including phenoxy) is 3. The largest absolute Gasteiger partial charge is 0.496 e. The van der Waals surface area contributed by atoms with Gasteiger partial charge in [-0.1, -0.05) is 0 Å². The number of aliphatic hydroxyl groups is 1. The molecular weight excluding hydrogens is 462 g/mol. The van der Waals surface area contributed by atoms with Crippen LogP contribution in [0.4, 0.5) is 11.8 Å². The highest BCUT2D eigenvalue weighted by Crippen LogP contribution is 2.33. The number of esters is 1. The fourth-order valence-corrected chi connectivity index (χ4v) is 4.98. The van der Waals surface area contributed by atoms with Crippen LogP contribution in [0.15, 0.2) is 30.3 Å². The number of anilines is 2. The van der Waals surface area contributed by atoms with Crippen molar-refractivity contribution in [3.8, 4) is 17.0 Å². The van der Waals surface area contributed by atoms with E-state index in [1.165, 1.54) is 7.11 Å². The van der Waals surface area contributed by atoms with Crippen molar-refractivity contribution in [2.45, 2.75) is 38.5 Å². The number of nitrogens with zero attached hydrogens (tertiary/aromatic N) is 5. The summed E-state index contributed by atoms with van der Waals surface area (Å²) in [5.74, 6) is 1.60. The summed E-state index contributed by atoms with van der Waals surface area (Å²) >= 11 is 0. The molecule has 190 valence electrons. The molecule has 10 nitrogen and oxygen atoms in total. The van der Waals surface area contributed by atoms with Crippen LogP contribution in [0.3, 0.4) is 0 Å². The Morgan fingerprint density at radius 1 is 1.14 bits per heavy atom. The van der Waals surface area contributed by atoms with E-state index < -0.39 is 6.04 Å². The predicted molar refractivity (Wildman–Crippen MR) is 135 cm³/mol. The third-order valence-electron chi connectivity index (χ3n) is 6.90. The fourth-order valence-electron chi connectivity index (χ4n) is 4.98. The van der Waals surface area contributed by atoms with Crippen LogP contribution >= 0.6 is 0 Å². The highest BCUT2D eigenvalue weighted by Gasteiger charge is 2.34. The van der Waals surface area contributed by atoms with E-state index in [0.717, 1.165) is 28.9 Å². The summed E-state index contributed by atoms with van der Waals surface area (Å²) in [6.45, 7) is 4.56. The van der Waals surface area contributed by atoms with Crippen molar-refractivity contribution in [1.29, 1.82) is 0 Å². The Hall–Kier alpha value is -3.50. The summed E-state index contributed by atoms with van der Waals surface area (Å²) in [6.07, 6.45) is 1.55. The quantitative estimate of drug-likeness (QED) is 0.515. The van der Waals surface area contributed by atoms with Crippen LogP contribution in [0.2, 0.25) is 0 Å². The van der Waals surface area contributed by atoms with Crippen molar-refractivity contribution in [2.75, 3.05) is 50.3 Å². The lowest BCUT2D eigenvalue weighted by atomic mass is 10.1. The monoisotopic (exact) mass is 493 g/mol. The minimum atomic E-state index is -0.417. The average Bonchev–Trinajstić information content (AvgIpc) is 3.42. The number of morpholine rings is 1. The fraction of sp³-hybridized carbons (Fsp3) is 0.462. The number of aromatic nitrogens is 3. The van der Waals surface area contributed by atoms with E-state index in [4.69, 9.17) is 29.2 Å². The summed E-state index contributed by atoms with van der Waals surface area (Å²) in [5.41, 5.74) is 2.79. The zero-order valence-corrected chi connectivity index (χ0v) is 20.8. The van der Waals surface area contributed by atoms with Crippen molar-refractivity contribution in [3.05, 3.63) is 35.9 Å². The highest BCUT2D eigenvalue weighted by atomic mass is 16.5. The van der Waals surface area contributed by atoms with Crippen LogP contribution < -0.4 is 14.5 Å². The molecule has 2 aliphatic heterocycles. The number of carbonyl (C=O) groups excluding carboxylic acids is 1. The minimum absolute atomic E-state index is 0.132. The Labute approximate surface area is 209 Å². The Morgan fingerprint density at radius 3 is 2.75 bits per heavy atom. The van der Waals surface area contributed by atoms with E-state index >= 15 is 0 Å². The van der Waals surface area contributed by atoms with E-state index in [1.54, 1.807) is 7.11 Å². The van der Waals surface area contributed by atoms with Crippen LogP contribution in [-0.4, -0.2) is 78.6 Å². The molecule has 0 unspecified atom stereocenters. The molecule has 10 heteroatoms. The number of fused-ring (bicyclic) bond motifs is 1. The molecule has 0 radical (unpaired) electrons. The van der Waals surface area contributed by atoms with E-state index in [-0.39, 0.29) is 18.6 Å². The first-order chi connectivity index (χ1) is 17.5. The molecule has 2 saturated heterocycles.